The maximum absolute atomic E-state index is 13.4. The molecule has 6 heteroatoms. The molecule has 1 atom stereocenters. The highest BCUT2D eigenvalue weighted by atomic mass is 16.5. The zero-order valence-electron chi connectivity index (χ0n) is 18.0. The number of ether oxygens (including phenoxy) is 1. The molecule has 31 heavy (non-hydrogen) atoms. The van der Waals surface area contributed by atoms with Crippen LogP contribution in [-0.4, -0.2) is 27.0 Å². The van der Waals surface area contributed by atoms with Gasteiger partial charge in [0.25, 0.3) is 0 Å². The normalized spacial score (nSPS) is 17.1. The first kappa shape index (κ1) is 21.0. The predicted octanol–water partition coefficient (Wildman–Crippen LogP) is 4.45. The summed E-state index contributed by atoms with van der Waals surface area (Å²) >= 11 is 0. The van der Waals surface area contributed by atoms with E-state index in [9.17, 15) is 20.1 Å². The third kappa shape index (κ3) is 3.57. The number of rotatable bonds is 3. The fourth-order valence-electron chi connectivity index (χ4n) is 3.86. The molecule has 0 fully saturated rings. The van der Waals surface area contributed by atoms with Crippen molar-refractivity contribution in [1.29, 1.82) is 0 Å². The molecule has 6 nitrogen and oxygen atoms in total. The molecule has 0 aliphatic carbocycles. The van der Waals surface area contributed by atoms with Crippen molar-refractivity contribution in [3.63, 3.8) is 0 Å². The van der Waals surface area contributed by atoms with Gasteiger partial charge in [-0.1, -0.05) is 23.8 Å². The summed E-state index contributed by atoms with van der Waals surface area (Å²) in [5, 5.41) is 31.4. The Labute approximate surface area is 180 Å². The number of phenolic OH excluding ortho intramolecular Hbond substituents is 2. The molecule has 1 aliphatic heterocycles. The van der Waals surface area contributed by atoms with Crippen molar-refractivity contribution >= 4 is 11.0 Å². The van der Waals surface area contributed by atoms with E-state index in [2.05, 4.69) is 0 Å². The molecule has 0 amide bonds. The van der Waals surface area contributed by atoms with Gasteiger partial charge in [-0.05, 0) is 51.8 Å². The Morgan fingerprint density at radius 2 is 1.87 bits per heavy atom. The second-order valence-electron chi connectivity index (χ2n) is 8.78. The van der Waals surface area contributed by atoms with Crippen molar-refractivity contribution in [3.8, 4) is 28.4 Å². The van der Waals surface area contributed by atoms with Crippen LogP contribution in [0.1, 0.15) is 38.8 Å². The van der Waals surface area contributed by atoms with Gasteiger partial charge in [0.2, 0.25) is 5.43 Å². The molecule has 0 bridgehead atoms. The summed E-state index contributed by atoms with van der Waals surface area (Å²) in [5.74, 6) is 0.370. The molecule has 1 aliphatic rings. The first-order valence-electron chi connectivity index (χ1n) is 10.2. The van der Waals surface area contributed by atoms with Gasteiger partial charge in [0, 0.05) is 17.5 Å². The second kappa shape index (κ2) is 7.46. The molecule has 0 spiro atoms. The minimum atomic E-state index is -0.848. The van der Waals surface area contributed by atoms with E-state index in [0.717, 1.165) is 5.57 Å². The summed E-state index contributed by atoms with van der Waals surface area (Å²) < 4.78 is 12.0. The van der Waals surface area contributed by atoms with E-state index in [4.69, 9.17) is 9.15 Å². The van der Waals surface area contributed by atoms with E-state index >= 15 is 0 Å². The Morgan fingerprint density at radius 1 is 1.19 bits per heavy atom. The number of fused-ring (bicyclic) bond motifs is 3. The molecule has 2 aromatic carbocycles. The monoisotopic (exact) mass is 422 g/mol. The highest BCUT2D eigenvalue weighted by Gasteiger charge is 2.39. The van der Waals surface area contributed by atoms with Gasteiger partial charge in [-0.25, -0.2) is 0 Å². The number of benzene rings is 2. The van der Waals surface area contributed by atoms with Gasteiger partial charge in [-0.3, -0.25) is 4.79 Å². The standard InChI is InChI=1S/C25H26O6/c1-13(2)5-10-16-21(28)20-22(29)18(14-6-8-15(26)9-7-14)12-30-24(20)17-11-19(27)25(3,4)31-23(16)17/h5-9,12,19,26-28H,10-11H2,1-4H3. The average Bonchev–Trinajstić information content (AvgIpc) is 2.70. The third-order valence-corrected chi connectivity index (χ3v) is 5.80. The molecular formula is C25H26O6. The Bertz CT molecular complexity index is 1240. The van der Waals surface area contributed by atoms with Gasteiger partial charge >= 0.3 is 0 Å². The van der Waals surface area contributed by atoms with Crippen LogP contribution in [0.15, 0.2) is 51.4 Å². The first-order valence-corrected chi connectivity index (χ1v) is 10.2. The van der Waals surface area contributed by atoms with Crippen molar-refractivity contribution in [2.45, 2.75) is 52.2 Å². The topological polar surface area (TPSA) is 100 Å². The van der Waals surface area contributed by atoms with Gasteiger partial charge < -0.3 is 24.5 Å². The van der Waals surface area contributed by atoms with Crippen LogP contribution in [0.4, 0.5) is 0 Å². The largest absolute Gasteiger partial charge is 0.508 e. The summed E-state index contributed by atoms with van der Waals surface area (Å²) in [5.41, 5.74) is 1.96. The van der Waals surface area contributed by atoms with Crippen LogP contribution in [0, 0.1) is 0 Å². The number of phenols is 2. The molecule has 0 saturated carbocycles. The van der Waals surface area contributed by atoms with Crippen molar-refractivity contribution in [3.05, 3.63) is 63.5 Å². The van der Waals surface area contributed by atoms with Crippen LogP contribution in [0.25, 0.3) is 22.1 Å². The lowest BCUT2D eigenvalue weighted by atomic mass is 9.87. The number of aliphatic hydroxyl groups excluding tert-OH is 1. The van der Waals surface area contributed by atoms with Gasteiger partial charge in [0.1, 0.15) is 40.1 Å². The van der Waals surface area contributed by atoms with Crippen LogP contribution in [0.5, 0.6) is 17.2 Å². The number of aromatic hydroxyl groups is 2. The lowest BCUT2D eigenvalue weighted by molar-refractivity contribution is -0.0415. The number of hydrogen-bond donors (Lipinski definition) is 3. The highest BCUT2D eigenvalue weighted by Crippen LogP contribution is 2.45. The van der Waals surface area contributed by atoms with Gasteiger partial charge in [-0.15, -0.1) is 0 Å². The average molecular weight is 422 g/mol. The van der Waals surface area contributed by atoms with E-state index in [0.29, 0.717) is 28.9 Å². The smallest absolute Gasteiger partial charge is 0.204 e. The minimum absolute atomic E-state index is 0.0667. The molecule has 0 saturated heterocycles. The van der Waals surface area contributed by atoms with Crippen LogP contribution >= 0.6 is 0 Å². The van der Waals surface area contributed by atoms with Crippen LogP contribution in [0.2, 0.25) is 0 Å². The molecule has 2 heterocycles. The van der Waals surface area contributed by atoms with Crippen molar-refractivity contribution in [1.82, 2.24) is 0 Å². The Morgan fingerprint density at radius 3 is 2.52 bits per heavy atom. The Kier molecular flexibility index (Phi) is 5.06. The van der Waals surface area contributed by atoms with Crippen LogP contribution in [-0.2, 0) is 12.8 Å². The summed E-state index contributed by atoms with van der Waals surface area (Å²) in [6, 6.07) is 6.20. The number of allylic oxidation sites excluding steroid dienone is 2. The second-order valence-corrected chi connectivity index (χ2v) is 8.78. The van der Waals surface area contributed by atoms with E-state index in [1.54, 1.807) is 26.0 Å². The van der Waals surface area contributed by atoms with Crippen LogP contribution < -0.4 is 10.2 Å². The van der Waals surface area contributed by atoms with Crippen molar-refractivity contribution in [2.24, 2.45) is 0 Å². The Balaban J connectivity index is 2.04. The summed E-state index contributed by atoms with van der Waals surface area (Å²) in [7, 11) is 0. The molecule has 3 aromatic rings. The zero-order chi connectivity index (χ0) is 22.5. The molecule has 0 radical (unpaired) electrons. The SMILES string of the molecule is CC(C)=CCc1c2c(c3occ(-c4ccc(O)cc4)c(=O)c3c1O)CC(O)C(C)(C)O2. The summed E-state index contributed by atoms with van der Waals surface area (Å²) in [6.07, 6.45) is 3.11. The van der Waals surface area contributed by atoms with Gasteiger partial charge in [-0.2, -0.15) is 0 Å². The van der Waals surface area contributed by atoms with E-state index in [1.165, 1.54) is 18.4 Å². The van der Waals surface area contributed by atoms with Crippen molar-refractivity contribution in [2.75, 3.05) is 0 Å². The lowest BCUT2D eigenvalue weighted by Gasteiger charge is -2.38. The highest BCUT2D eigenvalue weighted by molar-refractivity contribution is 5.93. The molecular weight excluding hydrogens is 396 g/mol. The fraction of sp³-hybridized carbons (Fsp3) is 0.320. The predicted molar refractivity (Wildman–Crippen MR) is 119 cm³/mol. The minimum Gasteiger partial charge on any atom is -0.508 e. The first-order chi connectivity index (χ1) is 14.6. The van der Waals surface area contributed by atoms with Crippen LogP contribution in [0.3, 0.4) is 0 Å². The lowest BCUT2D eigenvalue weighted by Crippen LogP contribution is -2.46. The molecule has 1 unspecified atom stereocenters. The molecule has 162 valence electrons. The Hall–Kier alpha value is -3.25. The maximum atomic E-state index is 13.4. The molecule has 4 rings (SSSR count). The zero-order valence-corrected chi connectivity index (χ0v) is 18.0. The fourth-order valence-corrected chi connectivity index (χ4v) is 3.86. The van der Waals surface area contributed by atoms with Gasteiger partial charge in [0.05, 0.1) is 11.7 Å². The summed E-state index contributed by atoms with van der Waals surface area (Å²) in [6.45, 7) is 7.49. The number of hydrogen-bond acceptors (Lipinski definition) is 6. The maximum Gasteiger partial charge on any atom is 0.204 e. The van der Waals surface area contributed by atoms with E-state index in [1.807, 2.05) is 19.9 Å². The quantitative estimate of drug-likeness (QED) is 0.539. The third-order valence-electron chi connectivity index (χ3n) is 5.80. The summed E-state index contributed by atoms with van der Waals surface area (Å²) in [4.78, 5) is 13.4. The molecule has 3 N–H and O–H groups in total. The van der Waals surface area contributed by atoms with E-state index < -0.39 is 11.7 Å². The van der Waals surface area contributed by atoms with Crippen molar-refractivity contribution < 1.29 is 24.5 Å². The molecule has 1 aromatic heterocycles. The number of aliphatic hydroxyl groups is 1. The van der Waals surface area contributed by atoms with Gasteiger partial charge in [0.15, 0.2) is 0 Å². The van der Waals surface area contributed by atoms with E-state index in [-0.39, 0.29) is 39.9 Å².